The smallest absolute Gasteiger partial charge is 0.0652 e. The fourth-order valence-corrected chi connectivity index (χ4v) is 1.46. The van der Waals surface area contributed by atoms with Crippen LogP contribution in [0.5, 0.6) is 0 Å². The van der Waals surface area contributed by atoms with Crippen LogP contribution in [-0.4, -0.2) is 4.98 Å². The van der Waals surface area contributed by atoms with E-state index in [1.807, 2.05) is 33.2 Å². The van der Waals surface area contributed by atoms with Crippen LogP contribution < -0.4 is 0 Å². The number of hydrogen-bond acceptors (Lipinski definition) is 2. The first-order valence-corrected chi connectivity index (χ1v) is 7.63. The molecular weight excluding hydrogens is 244 g/mol. The lowest BCUT2D eigenvalue weighted by Gasteiger charge is -2.18. The molecule has 0 radical (unpaired) electrons. The summed E-state index contributed by atoms with van der Waals surface area (Å²) in [5.74, 6) is 0.255. The highest BCUT2D eigenvalue weighted by atomic mass is 14.6. The molecular formula is C18H32N2. The predicted octanol–water partition coefficient (Wildman–Crippen LogP) is 5.66. The summed E-state index contributed by atoms with van der Waals surface area (Å²) in [4.78, 5) is 4.15. The van der Waals surface area contributed by atoms with Crippen molar-refractivity contribution in [1.29, 1.82) is 5.26 Å². The van der Waals surface area contributed by atoms with Crippen LogP contribution in [0.4, 0.5) is 0 Å². The van der Waals surface area contributed by atoms with Crippen LogP contribution >= 0.6 is 0 Å². The van der Waals surface area contributed by atoms with Crippen LogP contribution in [0.25, 0.3) is 0 Å². The van der Waals surface area contributed by atoms with Crippen molar-refractivity contribution in [2.75, 3.05) is 0 Å². The third-order valence-electron chi connectivity index (χ3n) is 2.68. The van der Waals surface area contributed by atoms with Gasteiger partial charge in [-0.1, -0.05) is 54.0 Å². The van der Waals surface area contributed by atoms with E-state index in [4.69, 9.17) is 5.26 Å². The second kappa shape index (κ2) is 11.5. The zero-order chi connectivity index (χ0) is 16.2. The van der Waals surface area contributed by atoms with E-state index in [0.717, 1.165) is 12.8 Å². The SMILES string of the molecule is CC.CCCC(C)C#N.Cc1cncc(C(C)(C)C)c1. The molecule has 0 spiro atoms. The molecule has 0 fully saturated rings. The first-order chi connectivity index (χ1) is 9.31. The number of rotatable bonds is 2. The molecule has 2 nitrogen and oxygen atoms in total. The van der Waals surface area contributed by atoms with Crippen molar-refractivity contribution >= 4 is 0 Å². The maximum Gasteiger partial charge on any atom is 0.0652 e. The fourth-order valence-electron chi connectivity index (χ4n) is 1.46. The van der Waals surface area contributed by atoms with Gasteiger partial charge in [0.05, 0.1) is 6.07 Å². The molecule has 0 saturated carbocycles. The zero-order valence-corrected chi connectivity index (χ0v) is 14.6. The maximum atomic E-state index is 8.22. The highest BCUT2D eigenvalue weighted by Gasteiger charge is 2.13. The van der Waals surface area contributed by atoms with Crippen molar-refractivity contribution in [2.24, 2.45) is 5.92 Å². The average Bonchev–Trinajstić information content (AvgIpc) is 2.41. The number of nitriles is 1. The van der Waals surface area contributed by atoms with E-state index in [1.165, 1.54) is 11.1 Å². The first-order valence-electron chi connectivity index (χ1n) is 7.63. The van der Waals surface area contributed by atoms with Gasteiger partial charge in [0.15, 0.2) is 0 Å². The number of aryl methyl sites for hydroxylation is 1. The molecule has 0 N–H and O–H groups in total. The Hall–Kier alpha value is -1.36. The van der Waals surface area contributed by atoms with Gasteiger partial charge in [0, 0.05) is 18.3 Å². The number of aromatic nitrogens is 1. The maximum absolute atomic E-state index is 8.22. The van der Waals surface area contributed by atoms with Crippen molar-refractivity contribution in [3.05, 3.63) is 29.6 Å². The molecule has 2 heteroatoms. The van der Waals surface area contributed by atoms with Crippen molar-refractivity contribution in [3.63, 3.8) is 0 Å². The molecule has 1 unspecified atom stereocenters. The molecule has 1 aromatic rings. The molecule has 1 atom stereocenters. The molecule has 20 heavy (non-hydrogen) atoms. The molecule has 0 amide bonds. The Morgan fingerprint density at radius 2 is 1.80 bits per heavy atom. The predicted molar refractivity (Wildman–Crippen MR) is 88.7 cm³/mol. The Bertz CT molecular complexity index is 383. The Balaban J connectivity index is 0. The van der Waals surface area contributed by atoms with Gasteiger partial charge in [0.1, 0.15) is 0 Å². The first kappa shape index (κ1) is 20.9. The second-order valence-corrected chi connectivity index (χ2v) is 5.82. The van der Waals surface area contributed by atoms with E-state index in [-0.39, 0.29) is 11.3 Å². The van der Waals surface area contributed by atoms with Crippen LogP contribution in [-0.2, 0) is 5.41 Å². The van der Waals surface area contributed by atoms with Crippen molar-refractivity contribution in [2.45, 2.75) is 73.6 Å². The molecule has 1 aromatic heterocycles. The summed E-state index contributed by atoms with van der Waals surface area (Å²) >= 11 is 0. The van der Waals surface area contributed by atoms with Gasteiger partial charge in [0.2, 0.25) is 0 Å². The summed E-state index contributed by atoms with van der Waals surface area (Å²) in [5.41, 5.74) is 2.76. The highest BCUT2D eigenvalue weighted by molar-refractivity contribution is 5.23. The minimum atomic E-state index is 0.221. The molecule has 0 aromatic carbocycles. The van der Waals surface area contributed by atoms with Crippen LogP contribution in [0.3, 0.4) is 0 Å². The summed E-state index contributed by atoms with van der Waals surface area (Å²) in [5, 5.41) is 8.22. The minimum absolute atomic E-state index is 0.221. The Kier molecular flexibility index (Phi) is 12.0. The molecule has 114 valence electrons. The third kappa shape index (κ3) is 10.6. The third-order valence-corrected chi connectivity index (χ3v) is 2.68. The standard InChI is InChI=1S/C10H15N.C6H11N.C2H6/c1-8-5-9(7-11-6-8)10(2,3)4;1-3-4-6(2)5-7;1-2/h5-7H,1-4H3;6H,3-4H2,1-2H3;1-2H3. The number of pyridine rings is 1. The molecule has 0 aliphatic heterocycles. The lowest BCUT2D eigenvalue weighted by atomic mass is 9.88. The fraction of sp³-hybridized carbons (Fsp3) is 0.667. The molecule has 0 aliphatic rings. The summed E-state index contributed by atoms with van der Waals surface area (Å²) in [6.07, 6.45) is 5.98. The van der Waals surface area contributed by atoms with Gasteiger partial charge in [-0.15, -0.1) is 0 Å². The van der Waals surface area contributed by atoms with Crippen molar-refractivity contribution < 1.29 is 0 Å². The lowest BCUT2D eigenvalue weighted by Crippen LogP contribution is -2.11. The molecule has 0 saturated heterocycles. The van der Waals surface area contributed by atoms with Gasteiger partial charge in [-0.3, -0.25) is 4.98 Å². The van der Waals surface area contributed by atoms with Gasteiger partial charge < -0.3 is 0 Å². The number of hydrogen-bond donors (Lipinski definition) is 0. The molecule has 1 heterocycles. The summed E-state index contributed by atoms with van der Waals surface area (Å²) in [7, 11) is 0. The van der Waals surface area contributed by atoms with Crippen molar-refractivity contribution in [1.82, 2.24) is 4.98 Å². The van der Waals surface area contributed by atoms with E-state index in [2.05, 4.69) is 51.7 Å². The minimum Gasteiger partial charge on any atom is -0.264 e. The quantitative estimate of drug-likeness (QED) is 0.698. The second-order valence-electron chi connectivity index (χ2n) is 5.82. The Labute approximate surface area is 126 Å². The Morgan fingerprint density at radius 3 is 2.05 bits per heavy atom. The van der Waals surface area contributed by atoms with Crippen molar-refractivity contribution in [3.8, 4) is 6.07 Å². The van der Waals surface area contributed by atoms with Gasteiger partial charge in [-0.25, -0.2) is 0 Å². The van der Waals surface area contributed by atoms with E-state index in [9.17, 15) is 0 Å². The molecule has 0 bridgehead atoms. The summed E-state index contributed by atoms with van der Waals surface area (Å²) in [6.45, 7) is 16.7. The van der Waals surface area contributed by atoms with Gasteiger partial charge >= 0.3 is 0 Å². The van der Waals surface area contributed by atoms with E-state index >= 15 is 0 Å². The van der Waals surface area contributed by atoms with Crippen LogP contribution in [0.15, 0.2) is 18.5 Å². The van der Waals surface area contributed by atoms with Crippen LogP contribution in [0, 0.1) is 24.2 Å². The van der Waals surface area contributed by atoms with Gasteiger partial charge in [-0.2, -0.15) is 5.26 Å². The largest absolute Gasteiger partial charge is 0.264 e. The summed E-state index contributed by atoms with van der Waals surface area (Å²) in [6, 6.07) is 4.35. The molecule has 0 aliphatic carbocycles. The zero-order valence-electron chi connectivity index (χ0n) is 14.6. The summed E-state index contributed by atoms with van der Waals surface area (Å²) < 4.78 is 0. The van der Waals surface area contributed by atoms with Crippen LogP contribution in [0.2, 0.25) is 0 Å². The number of nitrogens with zero attached hydrogens (tertiary/aromatic N) is 2. The normalized spacial score (nSPS) is 11.2. The molecule has 1 rings (SSSR count). The lowest BCUT2D eigenvalue weighted by molar-refractivity contribution is 0.587. The highest BCUT2D eigenvalue weighted by Crippen LogP contribution is 2.21. The van der Waals surface area contributed by atoms with E-state index in [1.54, 1.807) is 0 Å². The van der Waals surface area contributed by atoms with Crippen LogP contribution in [0.1, 0.15) is 72.4 Å². The monoisotopic (exact) mass is 276 g/mol. The topological polar surface area (TPSA) is 36.7 Å². The van der Waals surface area contributed by atoms with Gasteiger partial charge in [-0.05, 0) is 36.8 Å². The van der Waals surface area contributed by atoms with E-state index < -0.39 is 0 Å². The van der Waals surface area contributed by atoms with E-state index in [0.29, 0.717) is 0 Å². The van der Waals surface area contributed by atoms with Gasteiger partial charge in [0.25, 0.3) is 0 Å². The Morgan fingerprint density at radius 1 is 1.25 bits per heavy atom. The average molecular weight is 276 g/mol.